The maximum absolute atomic E-state index is 10.6. The fourth-order valence-corrected chi connectivity index (χ4v) is 8.31. The van der Waals surface area contributed by atoms with Gasteiger partial charge >= 0.3 is 0 Å². The van der Waals surface area contributed by atoms with Gasteiger partial charge in [0.25, 0.3) is 0 Å². The Labute approximate surface area is 274 Å². The van der Waals surface area contributed by atoms with E-state index in [1.807, 2.05) is 48.5 Å². The quantitative estimate of drug-likeness (QED) is 0.200. The standard InChI is InChI=1S/C44H24N4/c45-25-33-32(26-10-3-1-4-11-26)24-38(46-43(33)29-12-5-2-6-13-29)47-36-22-19-27-14-9-17-35-39(27)41(36)42-37(47)23-20-28-18-21-31-30-15-7-8-16-34(30)48(35)44(31)40(28)42/h1-24H. The van der Waals surface area contributed by atoms with E-state index in [0.29, 0.717) is 11.3 Å². The molecule has 0 bridgehead atoms. The number of hydrogen-bond acceptors (Lipinski definition) is 2. The average Bonchev–Trinajstić information content (AvgIpc) is 3.63. The number of nitriles is 1. The van der Waals surface area contributed by atoms with Crippen LogP contribution in [0.3, 0.4) is 0 Å². The molecule has 4 heteroatoms. The van der Waals surface area contributed by atoms with Crippen LogP contribution in [0.25, 0.3) is 98.9 Å². The molecule has 0 amide bonds. The van der Waals surface area contributed by atoms with Gasteiger partial charge < -0.3 is 4.40 Å². The zero-order chi connectivity index (χ0) is 31.5. The SMILES string of the molecule is N#Cc1c(-c2ccccc2)cc(-n2c3ccc4cccc5c4c3c3c4c(ccc6c7ccccc7n5c64)ccc32)nc1-c1ccccc1. The molecule has 4 heterocycles. The van der Waals surface area contributed by atoms with E-state index in [9.17, 15) is 5.26 Å². The summed E-state index contributed by atoms with van der Waals surface area (Å²) in [6.45, 7) is 0. The first-order chi connectivity index (χ1) is 23.8. The number of para-hydroxylation sites is 1. The maximum Gasteiger partial charge on any atom is 0.139 e. The van der Waals surface area contributed by atoms with Crippen LogP contribution in [0.2, 0.25) is 0 Å². The lowest BCUT2D eigenvalue weighted by Crippen LogP contribution is -2.03. The predicted octanol–water partition coefficient (Wildman–Crippen LogP) is 11.1. The normalized spacial score (nSPS) is 12.1. The van der Waals surface area contributed by atoms with Crippen molar-refractivity contribution in [3.8, 4) is 34.3 Å². The van der Waals surface area contributed by atoms with Gasteiger partial charge in [-0.2, -0.15) is 5.26 Å². The van der Waals surface area contributed by atoms with Gasteiger partial charge in [0.15, 0.2) is 0 Å². The summed E-state index contributed by atoms with van der Waals surface area (Å²) in [6, 6.07) is 53.9. The molecule has 48 heavy (non-hydrogen) atoms. The Morgan fingerprint density at radius 3 is 1.92 bits per heavy atom. The Morgan fingerprint density at radius 1 is 0.500 bits per heavy atom. The summed E-state index contributed by atoms with van der Waals surface area (Å²) < 4.78 is 4.80. The van der Waals surface area contributed by atoms with E-state index in [0.717, 1.165) is 33.5 Å². The van der Waals surface area contributed by atoms with Crippen LogP contribution in [0.1, 0.15) is 5.56 Å². The summed E-state index contributed by atoms with van der Waals surface area (Å²) >= 11 is 0. The van der Waals surface area contributed by atoms with Crippen LogP contribution < -0.4 is 0 Å². The molecule has 0 radical (unpaired) electrons. The molecule has 7 aromatic carbocycles. The third-order valence-corrected chi connectivity index (χ3v) is 10.2. The monoisotopic (exact) mass is 608 g/mol. The van der Waals surface area contributed by atoms with Crippen molar-refractivity contribution in [3.05, 3.63) is 151 Å². The minimum absolute atomic E-state index is 0.572. The maximum atomic E-state index is 10.6. The molecule has 11 aromatic rings. The predicted molar refractivity (Wildman–Crippen MR) is 198 cm³/mol. The van der Waals surface area contributed by atoms with Crippen LogP contribution in [0.15, 0.2) is 146 Å². The number of rotatable bonds is 3. The first-order valence-electron chi connectivity index (χ1n) is 16.2. The van der Waals surface area contributed by atoms with Crippen molar-refractivity contribution in [3.63, 3.8) is 0 Å². The van der Waals surface area contributed by atoms with Crippen molar-refractivity contribution in [2.75, 3.05) is 0 Å². The lowest BCUT2D eigenvalue weighted by molar-refractivity contribution is 1.08. The van der Waals surface area contributed by atoms with Gasteiger partial charge in [0.05, 0.1) is 38.8 Å². The van der Waals surface area contributed by atoms with Crippen LogP contribution >= 0.6 is 0 Å². The number of nitrogens with zero attached hydrogens (tertiary/aromatic N) is 4. The Hall–Kier alpha value is -6.70. The van der Waals surface area contributed by atoms with E-state index >= 15 is 0 Å². The Bertz CT molecular complexity index is 3040. The third-order valence-electron chi connectivity index (χ3n) is 10.2. The fraction of sp³-hybridized carbons (Fsp3) is 0. The molecule has 0 aliphatic heterocycles. The van der Waals surface area contributed by atoms with E-state index in [2.05, 4.69) is 112 Å². The molecular formula is C44H24N4. The smallest absolute Gasteiger partial charge is 0.139 e. The second kappa shape index (κ2) is 9.19. The van der Waals surface area contributed by atoms with E-state index in [1.54, 1.807) is 0 Å². The number of hydrogen-bond donors (Lipinski definition) is 0. The van der Waals surface area contributed by atoms with E-state index in [-0.39, 0.29) is 0 Å². The highest BCUT2D eigenvalue weighted by Gasteiger charge is 2.26. The Kier molecular flexibility index (Phi) is 4.88. The molecule has 0 unspecified atom stereocenters. The zero-order valence-corrected chi connectivity index (χ0v) is 25.6. The highest BCUT2D eigenvalue weighted by Crippen LogP contribution is 2.47. The van der Waals surface area contributed by atoms with Crippen LogP contribution in [-0.2, 0) is 0 Å². The molecule has 0 saturated carbocycles. The summed E-state index contributed by atoms with van der Waals surface area (Å²) in [4.78, 5) is 5.35. The van der Waals surface area contributed by atoms with E-state index in [4.69, 9.17) is 4.98 Å². The summed E-state index contributed by atoms with van der Waals surface area (Å²) in [7, 11) is 0. The van der Waals surface area contributed by atoms with Gasteiger partial charge in [-0.15, -0.1) is 0 Å². The molecule has 0 spiro atoms. The van der Waals surface area contributed by atoms with Gasteiger partial charge in [-0.3, -0.25) is 4.57 Å². The largest absolute Gasteiger partial charge is 0.308 e. The third kappa shape index (κ3) is 3.15. The summed E-state index contributed by atoms with van der Waals surface area (Å²) in [5, 5.41) is 20.5. The number of benzene rings is 7. The Morgan fingerprint density at radius 2 is 1.15 bits per heavy atom. The number of aromatic nitrogens is 3. The lowest BCUT2D eigenvalue weighted by atomic mass is 9.96. The van der Waals surface area contributed by atoms with Crippen molar-refractivity contribution >= 4 is 70.7 Å². The molecular weight excluding hydrogens is 585 g/mol. The Balaban J connectivity index is 1.39. The van der Waals surface area contributed by atoms with E-state index < -0.39 is 0 Å². The van der Waals surface area contributed by atoms with Crippen LogP contribution in [0.4, 0.5) is 0 Å². The summed E-state index contributed by atoms with van der Waals surface area (Å²) in [5.41, 5.74) is 9.87. The lowest BCUT2D eigenvalue weighted by Gasteiger charge is -2.15. The molecule has 0 saturated heterocycles. The van der Waals surface area contributed by atoms with Crippen molar-refractivity contribution in [1.29, 1.82) is 5.26 Å². The molecule has 0 fully saturated rings. The topological polar surface area (TPSA) is 46.0 Å². The van der Waals surface area contributed by atoms with Crippen molar-refractivity contribution < 1.29 is 0 Å². The molecule has 220 valence electrons. The fourth-order valence-electron chi connectivity index (χ4n) is 8.31. The van der Waals surface area contributed by atoms with Crippen molar-refractivity contribution in [2.45, 2.75) is 0 Å². The van der Waals surface area contributed by atoms with Gasteiger partial charge in [0, 0.05) is 43.4 Å². The summed E-state index contributed by atoms with van der Waals surface area (Å²) in [6.07, 6.45) is 0. The van der Waals surface area contributed by atoms with Gasteiger partial charge in [-0.1, -0.05) is 115 Å². The van der Waals surface area contributed by atoms with Crippen molar-refractivity contribution in [1.82, 2.24) is 14.0 Å². The molecule has 4 aromatic heterocycles. The molecule has 4 nitrogen and oxygen atoms in total. The highest BCUT2D eigenvalue weighted by atomic mass is 15.1. The van der Waals surface area contributed by atoms with Crippen LogP contribution in [0, 0.1) is 11.3 Å². The molecule has 0 aliphatic carbocycles. The van der Waals surface area contributed by atoms with Gasteiger partial charge in [-0.05, 0) is 46.7 Å². The molecule has 0 aliphatic rings. The molecule has 11 rings (SSSR count). The molecule has 0 atom stereocenters. The van der Waals surface area contributed by atoms with Gasteiger partial charge in [-0.25, -0.2) is 4.98 Å². The van der Waals surface area contributed by atoms with Gasteiger partial charge in [0.2, 0.25) is 0 Å². The second-order valence-electron chi connectivity index (χ2n) is 12.6. The van der Waals surface area contributed by atoms with Crippen LogP contribution in [0.5, 0.6) is 0 Å². The highest BCUT2D eigenvalue weighted by molar-refractivity contribution is 6.37. The van der Waals surface area contributed by atoms with Crippen molar-refractivity contribution in [2.24, 2.45) is 0 Å². The van der Waals surface area contributed by atoms with Gasteiger partial charge in [0.1, 0.15) is 11.9 Å². The second-order valence-corrected chi connectivity index (χ2v) is 12.6. The first-order valence-corrected chi connectivity index (χ1v) is 16.2. The minimum atomic E-state index is 0.572. The van der Waals surface area contributed by atoms with Crippen LogP contribution in [-0.4, -0.2) is 14.0 Å². The zero-order valence-electron chi connectivity index (χ0n) is 25.6. The average molecular weight is 609 g/mol. The van der Waals surface area contributed by atoms with E-state index in [1.165, 1.54) is 59.6 Å². The molecule has 0 N–H and O–H groups in total. The number of fused-ring (bicyclic) bond motifs is 4. The first kappa shape index (κ1) is 25.5. The summed E-state index contributed by atoms with van der Waals surface area (Å²) in [5.74, 6) is 0.788. The minimum Gasteiger partial charge on any atom is -0.308 e. The number of pyridine rings is 1.